The SMILES string of the molecule is O=C(O)c1cc(-c2ccc(-c3ccsc3)c(C(F)(F)F)c2)ncc1O. The van der Waals surface area contributed by atoms with Crippen molar-refractivity contribution in [1.82, 2.24) is 4.98 Å². The van der Waals surface area contributed by atoms with Crippen molar-refractivity contribution in [3.05, 3.63) is 58.4 Å². The minimum absolute atomic E-state index is 0.0255. The number of carboxylic acid groups (broad SMARTS) is 1. The van der Waals surface area contributed by atoms with E-state index in [4.69, 9.17) is 5.11 Å². The lowest BCUT2D eigenvalue weighted by atomic mass is 9.97. The Morgan fingerprint density at radius 2 is 1.88 bits per heavy atom. The molecule has 25 heavy (non-hydrogen) atoms. The van der Waals surface area contributed by atoms with Crippen molar-refractivity contribution in [3.63, 3.8) is 0 Å². The Bertz CT molecular complexity index is 937. The number of pyridine rings is 1. The summed E-state index contributed by atoms with van der Waals surface area (Å²) < 4.78 is 40.4. The number of benzene rings is 1. The summed E-state index contributed by atoms with van der Waals surface area (Å²) in [6.45, 7) is 0. The molecule has 0 aliphatic heterocycles. The van der Waals surface area contributed by atoms with Gasteiger partial charge >= 0.3 is 12.1 Å². The molecule has 0 amide bonds. The molecule has 128 valence electrons. The van der Waals surface area contributed by atoms with E-state index < -0.39 is 29.0 Å². The lowest BCUT2D eigenvalue weighted by Gasteiger charge is -2.14. The molecule has 0 saturated heterocycles. The highest BCUT2D eigenvalue weighted by Gasteiger charge is 2.34. The number of carbonyl (C=O) groups is 1. The lowest BCUT2D eigenvalue weighted by Crippen LogP contribution is -2.07. The second kappa shape index (κ2) is 6.21. The van der Waals surface area contributed by atoms with Crippen LogP contribution in [-0.2, 0) is 6.18 Å². The highest BCUT2D eigenvalue weighted by molar-refractivity contribution is 7.08. The zero-order chi connectivity index (χ0) is 18.2. The normalized spacial score (nSPS) is 11.5. The van der Waals surface area contributed by atoms with Crippen LogP contribution >= 0.6 is 11.3 Å². The van der Waals surface area contributed by atoms with E-state index in [9.17, 15) is 23.1 Å². The van der Waals surface area contributed by atoms with Crippen LogP contribution in [-0.4, -0.2) is 21.2 Å². The summed E-state index contributed by atoms with van der Waals surface area (Å²) >= 11 is 1.29. The predicted octanol–water partition coefficient (Wildman–Crippen LogP) is 4.90. The predicted molar refractivity (Wildman–Crippen MR) is 86.6 cm³/mol. The molecular formula is C17H10F3NO3S. The molecule has 3 aromatic rings. The maximum atomic E-state index is 13.5. The number of aromatic carboxylic acids is 1. The van der Waals surface area contributed by atoms with Crippen LogP contribution in [0, 0.1) is 0 Å². The van der Waals surface area contributed by atoms with Gasteiger partial charge in [-0.25, -0.2) is 4.79 Å². The van der Waals surface area contributed by atoms with E-state index in [1.807, 2.05) is 0 Å². The Morgan fingerprint density at radius 3 is 2.48 bits per heavy atom. The van der Waals surface area contributed by atoms with Gasteiger partial charge in [-0.15, -0.1) is 0 Å². The molecule has 3 rings (SSSR count). The van der Waals surface area contributed by atoms with Gasteiger partial charge in [0, 0.05) is 5.56 Å². The fourth-order valence-corrected chi connectivity index (χ4v) is 3.04. The van der Waals surface area contributed by atoms with E-state index in [0.29, 0.717) is 5.56 Å². The van der Waals surface area contributed by atoms with Gasteiger partial charge in [0.05, 0.1) is 17.5 Å². The molecule has 0 unspecified atom stereocenters. The molecule has 0 bridgehead atoms. The van der Waals surface area contributed by atoms with Crippen molar-refractivity contribution in [2.24, 2.45) is 0 Å². The third-order valence-electron chi connectivity index (χ3n) is 3.57. The van der Waals surface area contributed by atoms with Crippen LogP contribution in [0.3, 0.4) is 0 Å². The van der Waals surface area contributed by atoms with Crippen molar-refractivity contribution >= 4 is 17.3 Å². The Kier molecular flexibility index (Phi) is 4.22. The summed E-state index contributed by atoms with van der Waals surface area (Å²) in [5.74, 6) is -1.95. The van der Waals surface area contributed by atoms with Crippen molar-refractivity contribution in [2.45, 2.75) is 6.18 Å². The molecule has 2 N–H and O–H groups in total. The molecule has 0 aliphatic rings. The molecule has 2 aromatic heterocycles. The molecule has 2 heterocycles. The van der Waals surface area contributed by atoms with Gasteiger partial charge in [0.15, 0.2) is 0 Å². The topological polar surface area (TPSA) is 70.4 Å². The fourth-order valence-electron chi connectivity index (χ4n) is 2.38. The molecule has 0 atom stereocenters. The summed E-state index contributed by atoms with van der Waals surface area (Å²) in [6, 6.07) is 6.33. The Morgan fingerprint density at radius 1 is 1.12 bits per heavy atom. The molecule has 4 nitrogen and oxygen atoms in total. The summed E-state index contributed by atoms with van der Waals surface area (Å²) in [5.41, 5.74) is -0.648. The molecule has 1 aromatic carbocycles. The van der Waals surface area contributed by atoms with Gasteiger partial charge in [-0.1, -0.05) is 12.1 Å². The summed E-state index contributed by atoms with van der Waals surface area (Å²) in [5, 5.41) is 21.8. The van der Waals surface area contributed by atoms with Crippen LogP contribution in [0.5, 0.6) is 5.75 Å². The van der Waals surface area contributed by atoms with Gasteiger partial charge in [-0.2, -0.15) is 24.5 Å². The fraction of sp³-hybridized carbons (Fsp3) is 0.0588. The average Bonchev–Trinajstić information content (AvgIpc) is 3.08. The summed E-state index contributed by atoms with van der Waals surface area (Å²) in [6.07, 6.45) is -3.68. The highest BCUT2D eigenvalue weighted by atomic mass is 32.1. The molecule has 8 heteroatoms. The zero-order valence-electron chi connectivity index (χ0n) is 12.4. The monoisotopic (exact) mass is 365 g/mol. The van der Waals surface area contributed by atoms with Crippen LogP contribution in [0.1, 0.15) is 15.9 Å². The first-order valence-corrected chi connectivity index (χ1v) is 7.88. The number of alkyl halides is 3. The Hall–Kier alpha value is -2.87. The summed E-state index contributed by atoms with van der Waals surface area (Å²) in [7, 11) is 0. The quantitative estimate of drug-likeness (QED) is 0.693. The molecule has 0 fully saturated rings. The van der Waals surface area contributed by atoms with Crippen molar-refractivity contribution in [3.8, 4) is 28.1 Å². The number of rotatable bonds is 3. The third kappa shape index (κ3) is 3.34. The molecule has 0 saturated carbocycles. The largest absolute Gasteiger partial charge is 0.505 e. The third-order valence-corrected chi connectivity index (χ3v) is 4.25. The van der Waals surface area contributed by atoms with E-state index in [1.54, 1.807) is 16.8 Å². The molecule has 0 spiro atoms. The standard InChI is InChI=1S/C17H10F3NO3S/c18-17(19,20)13-5-9(1-2-11(13)10-3-4-25-8-10)14-6-12(16(23)24)15(22)7-21-14/h1-8,22H,(H,23,24). The second-order valence-electron chi connectivity index (χ2n) is 5.16. The number of aromatic nitrogens is 1. The van der Waals surface area contributed by atoms with Crippen molar-refractivity contribution in [2.75, 3.05) is 0 Å². The first-order valence-electron chi connectivity index (χ1n) is 6.94. The zero-order valence-corrected chi connectivity index (χ0v) is 13.2. The minimum atomic E-state index is -4.58. The highest BCUT2D eigenvalue weighted by Crippen LogP contribution is 2.40. The van der Waals surface area contributed by atoms with Crippen molar-refractivity contribution < 1.29 is 28.2 Å². The van der Waals surface area contributed by atoms with Crippen LogP contribution in [0.4, 0.5) is 13.2 Å². The number of hydrogen-bond acceptors (Lipinski definition) is 4. The van der Waals surface area contributed by atoms with Crippen LogP contribution in [0.15, 0.2) is 47.3 Å². The number of carboxylic acids is 1. The van der Waals surface area contributed by atoms with E-state index in [1.165, 1.54) is 23.5 Å². The second-order valence-corrected chi connectivity index (χ2v) is 5.94. The van der Waals surface area contributed by atoms with Crippen LogP contribution < -0.4 is 0 Å². The number of thiophene rings is 1. The lowest BCUT2D eigenvalue weighted by molar-refractivity contribution is -0.137. The summed E-state index contributed by atoms with van der Waals surface area (Å²) in [4.78, 5) is 14.9. The number of hydrogen-bond donors (Lipinski definition) is 2. The van der Waals surface area contributed by atoms with E-state index >= 15 is 0 Å². The molecule has 0 radical (unpaired) electrons. The minimum Gasteiger partial charge on any atom is -0.505 e. The van der Waals surface area contributed by atoms with Crippen molar-refractivity contribution in [1.29, 1.82) is 0 Å². The van der Waals surface area contributed by atoms with Crippen LogP contribution in [0.25, 0.3) is 22.4 Å². The average molecular weight is 365 g/mol. The van der Waals surface area contributed by atoms with Gasteiger partial charge in [-0.3, -0.25) is 4.98 Å². The Labute approximate surface area is 143 Å². The molecule has 0 aliphatic carbocycles. The van der Waals surface area contributed by atoms with Gasteiger partial charge < -0.3 is 10.2 Å². The van der Waals surface area contributed by atoms with Crippen LogP contribution in [0.2, 0.25) is 0 Å². The van der Waals surface area contributed by atoms with Gasteiger partial charge in [0.1, 0.15) is 11.3 Å². The molecular weight excluding hydrogens is 355 g/mol. The van der Waals surface area contributed by atoms with Gasteiger partial charge in [0.25, 0.3) is 0 Å². The number of halogens is 3. The maximum Gasteiger partial charge on any atom is 0.417 e. The van der Waals surface area contributed by atoms with Gasteiger partial charge in [-0.05, 0) is 40.1 Å². The maximum absolute atomic E-state index is 13.5. The number of nitrogens with zero attached hydrogens (tertiary/aromatic N) is 1. The smallest absolute Gasteiger partial charge is 0.417 e. The Balaban J connectivity index is 2.16. The number of aromatic hydroxyl groups is 1. The van der Waals surface area contributed by atoms with E-state index in [0.717, 1.165) is 18.3 Å². The van der Waals surface area contributed by atoms with E-state index in [-0.39, 0.29) is 16.8 Å². The van der Waals surface area contributed by atoms with Gasteiger partial charge in [0.2, 0.25) is 0 Å². The first kappa shape index (κ1) is 17.0. The first-order chi connectivity index (χ1) is 11.8. The van der Waals surface area contributed by atoms with E-state index in [2.05, 4.69) is 4.98 Å².